The maximum absolute atomic E-state index is 12.9. The van der Waals surface area contributed by atoms with Crippen molar-refractivity contribution in [3.05, 3.63) is 29.8 Å². The molecule has 0 radical (unpaired) electrons. The molecule has 1 unspecified atom stereocenters. The predicted octanol–water partition coefficient (Wildman–Crippen LogP) is 3.20. The molecule has 29 heavy (non-hydrogen) atoms. The summed E-state index contributed by atoms with van der Waals surface area (Å²) in [7, 11) is -3.41. The Balaban J connectivity index is 1.67. The third-order valence-corrected chi connectivity index (χ3v) is 8.98. The van der Waals surface area contributed by atoms with Gasteiger partial charge in [0, 0.05) is 30.9 Å². The lowest BCUT2D eigenvalue weighted by Gasteiger charge is -2.26. The lowest BCUT2D eigenvalue weighted by atomic mass is 10.1. The molecular formula is C21H34N4O2S2. The highest BCUT2D eigenvalue weighted by Crippen LogP contribution is 2.36. The number of benzene rings is 1. The summed E-state index contributed by atoms with van der Waals surface area (Å²) in [6, 6.07) is 7.22. The van der Waals surface area contributed by atoms with Crippen molar-refractivity contribution >= 4 is 27.7 Å². The highest BCUT2D eigenvalue weighted by molar-refractivity contribution is 8.00. The van der Waals surface area contributed by atoms with Crippen molar-refractivity contribution in [2.75, 3.05) is 31.9 Å². The zero-order valence-electron chi connectivity index (χ0n) is 17.6. The van der Waals surface area contributed by atoms with E-state index in [9.17, 15) is 8.42 Å². The Bertz CT molecular complexity index is 799. The standard InChI is InChI=1S/C21H34N4O2S2/c1-3-22-20(24-17-21(2)11-8-14-28-21)23-16-18-9-7-10-19(15-18)29(26,27)25-12-5-4-6-13-25/h7,9-10,15H,3-6,8,11-14,16-17H2,1-2H3,(H2,22,23,24). The van der Waals surface area contributed by atoms with E-state index in [1.54, 1.807) is 16.4 Å². The molecule has 2 fully saturated rings. The molecule has 0 amide bonds. The highest BCUT2D eigenvalue weighted by Gasteiger charge is 2.29. The van der Waals surface area contributed by atoms with Crippen LogP contribution >= 0.6 is 11.8 Å². The van der Waals surface area contributed by atoms with Crippen LogP contribution < -0.4 is 10.6 Å². The molecule has 0 aliphatic carbocycles. The lowest BCUT2D eigenvalue weighted by Crippen LogP contribution is -2.43. The minimum Gasteiger partial charge on any atom is -0.357 e. The van der Waals surface area contributed by atoms with Crippen LogP contribution in [-0.2, 0) is 16.6 Å². The van der Waals surface area contributed by atoms with E-state index in [1.165, 1.54) is 18.6 Å². The Hall–Kier alpha value is -1.25. The van der Waals surface area contributed by atoms with Gasteiger partial charge in [0.2, 0.25) is 10.0 Å². The van der Waals surface area contributed by atoms with Gasteiger partial charge >= 0.3 is 0 Å². The van der Waals surface area contributed by atoms with Crippen LogP contribution in [0.4, 0.5) is 0 Å². The topological polar surface area (TPSA) is 73.8 Å². The van der Waals surface area contributed by atoms with Crippen molar-refractivity contribution in [1.82, 2.24) is 14.9 Å². The monoisotopic (exact) mass is 438 g/mol. The van der Waals surface area contributed by atoms with E-state index >= 15 is 0 Å². The molecule has 8 heteroatoms. The van der Waals surface area contributed by atoms with Crippen LogP contribution in [-0.4, -0.2) is 55.4 Å². The molecule has 0 aromatic heterocycles. The highest BCUT2D eigenvalue weighted by atomic mass is 32.2. The smallest absolute Gasteiger partial charge is 0.243 e. The van der Waals surface area contributed by atoms with Crippen LogP contribution in [0.5, 0.6) is 0 Å². The van der Waals surface area contributed by atoms with Crippen molar-refractivity contribution in [2.24, 2.45) is 4.99 Å². The second kappa shape index (κ2) is 10.2. The molecule has 1 aromatic carbocycles. The molecule has 2 saturated heterocycles. The average Bonchev–Trinajstić information content (AvgIpc) is 3.18. The van der Waals surface area contributed by atoms with Gasteiger partial charge in [-0.15, -0.1) is 0 Å². The Kier molecular flexibility index (Phi) is 7.87. The maximum Gasteiger partial charge on any atom is 0.243 e. The first-order valence-corrected chi connectivity index (χ1v) is 13.1. The Labute approximate surface area is 180 Å². The van der Waals surface area contributed by atoms with Crippen molar-refractivity contribution in [2.45, 2.75) is 62.1 Å². The maximum atomic E-state index is 12.9. The molecule has 0 saturated carbocycles. The van der Waals surface area contributed by atoms with Gasteiger partial charge < -0.3 is 10.6 Å². The second-order valence-corrected chi connectivity index (χ2v) is 11.7. The summed E-state index contributed by atoms with van der Waals surface area (Å²) in [6.07, 6.45) is 5.49. The number of sulfonamides is 1. The molecule has 2 aliphatic heterocycles. The van der Waals surface area contributed by atoms with Gasteiger partial charge in [0.1, 0.15) is 0 Å². The molecule has 0 spiro atoms. The SMILES string of the molecule is CCNC(=NCc1cccc(S(=O)(=O)N2CCCCC2)c1)NCC1(C)CCCS1. The number of hydrogen-bond donors (Lipinski definition) is 2. The molecule has 3 rings (SSSR count). The van der Waals surface area contributed by atoms with Gasteiger partial charge in [0.15, 0.2) is 5.96 Å². The number of nitrogens with zero attached hydrogens (tertiary/aromatic N) is 2. The van der Waals surface area contributed by atoms with Gasteiger partial charge in [-0.05, 0) is 63.0 Å². The lowest BCUT2D eigenvalue weighted by molar-refractivity contribution is 0.346. The van der Waals surface area contributed by atoms with E-state index in [2.05, 4.69) is 29.5 Å². The number of nitrogens with one attached hydrogen (secondary N) is 2. The van der Waals surface area contributed by atoms with E-state index in [1.807, 2.05) is 23.9 Å². The number of thioether (sulfide) groups is 1. The summed E-state index contributed by atoms with van der Waals surface area (Å²) in [5.41, 5.74) is 0.904. The van der Waals surface area contributed by atoms with Gasteiger partial charge in [0.05, 0.1) is 11.4 Å². The van der Waals surface area contributed by atoms with Crippen LogP contribution in [0.1, 0.15) is 51.5 Å². The van der Waals surface area contributed by atoms with Crippen LogP contribution in [0.3, 0.4) is 0 Å². The van der Waals surface area contributed by atoms with Gasteiger partial charge in [-0.3, -0.25) is 0 Å². The van der Waals surface area contributed by atoms with Gasteiger partial charge in [-0.2, -0.15) is 16.1 Å². The summed E-state index contributed by atoms with van der Waals surface area (Å²) >= 11 is 2.02. The van der Waals surface area contributed by atoms with Crippen LogP contribution in [0.25, 0.3) is 0 Å². The predicted molar refractivity (Wildman–Crippen MR) is 122 cm³/mol. The molecule has 0 bridgehead atoms. The van der Waals surface area contributed by atoms with Gasteiger partial charge in [-0.25, -0.2) is 13.4 Å². The molecule has 2 N–H and O–H groups in total. The van der Waals surface area contributed by atoms with E-state index in [0.29, 0.717) is 24.5 Å². The van der Waals surface area contributed by atoms with Crippen molar-refractivity contribution in [1.29, 1.82) is 0 Å². The summed E-state index contributed by atoms with van der Waals surface area (Å²) < 4.78 is 27.7. The minimum atomic E-state index is -3.41. The number of rotatable bonds is 7. The van der Waals surface area contributed by atoms with Crippen LogP contribution in [0, 0.1) is 0 Å². The van der Waals surface area contributed by atoms with E-state index in [0.717, 1.165) is 43.9 Å². The second-order valence-electron chi connectivity index (χ2n) is 8.06. The first-order chi connectivity index (χ1) is 13.9. The summed E-state index contributed by atoms with van der Waals surface area (Å²) in [5.74, 6) is 2.01. The van der Waals surface area contributed by atoms with Crippen molar-refractivity contribution in [3.8, 4) is 0 Å². The normalized spacial score (nSPS) is 23.9. The summed E-state index contributed by atoms with van der Waals surface area (Å²) in [6.45, 7) is 7.71. The zero-order chi connectivity index (χ0) is 20.7. The minimum absolute atomic E-state index is 0.263. The molecule has 6 nitrogen and oxygen atoms in total. The number of hydrogen-bond acceptors (Lipinski definition) is 4. The Morgan fingerprint density at radius 1 is 1.21 bits per heavy atom. The third-order valence-electron chi connectivity index (χ3n) is 5.55. The molecular weight excluding hydrogens is 404 g/mol. The van der Waals surface area contributed by atoms with Crippen molar-refractivity contribution < 1.29 is 8.42 Å². The molecule has 2 heterocycles. The fraction of sp³-hybridized carbons (Fsp3) is 0.667. The molecule has 162 valence electrons. The fourth-order valence-electron chi connectivity index (χ4n) is 3.82. The van der Waals surface area contributed by atoms with Crippen LogP contribution in [0.2, 0.25) is 0 Å². The largest absolute Gasteiger partial charge is 0.357 e. The Morgan fingerprint density at radius 3 is 2.69 bits per heavy atom. The zero-order valence-corrected chi connectivity index (χ0v) is 19.2. The van der Waals surface area contributed by atoms with E-state index in [4.69, 9.17) is 0 Å². The quantitative estimate of drug-likeness (QED) is 0.505. The van der Waals surface area contributed by atoms with Crippen LogP contribution in [0.15, 0.2) is 34.2 Å². The molecule has 1 aromatic rings. The molecule has 1 atom stereocenters. The molecule has 2 aliphatic rings. The van der Waals surface area contributed by atoms with Gasteiger partial charge in [-0.1, -0.05) is 18.6 Å². The summed E-state index contributed by atoms with van der Waals surface area (Å²) in [5, 5.41) is 6.76. The first kappa shape index (κ1) is 22.4. The third kappa shape index (κ3) is 6.12. The fourth-order valence-corrected chi connectivity index (χ4v) is 6.65. The number of aliphatic imine (C=N–C) groups is 1. The average molecular weight is 439 g/mol. The first-order valence-electron chi connectivity index (χ1n) is 10.7. The Morgan fingerprint density at radius 2 is 2.00 bits per heavy atom. The van der Waals surface area contributed by atoms with E-state index < -0.39 is 10.0 Å². The van der Waals surface area contributed by atoms with Crippen molar-refractivity contribution in [3.63, 3.8) is 0 Å². The van der Waals surface area contributed by atoms with E-state index in [-0.39, 0.29) is 4.75 Å². The number of guanidine groups is 1. The van der Waals surface area contributed by atoms with Gasteiger partial charge in [0.25, 0.3) is 0 Å². The number of piperidine rings is 1. The summed E-state index contributed by atoms with van der Waals surface area (Å²) in [4.78, 5) is 5.06.